The largest absolute Gasteiger partial charge is 0.409 e. The third-order valence-electron chi connectivity index (χ3n) is 1.84. The summed E-state index contributed by atoms with van der Waals surface area (Å²) in [5.41, 5.74) is 0. The summed E-state index contributed by atoms with van der Waals surface area (Å²) in [4.78, 5) is 5.80. The minimum atomic E-state index is 0.405. The van der Waals surface area contributed by atoms with Crippen LogP contribution in [0.15, 0.2) is 10.1 Å². The summed E-state index contributed by atoms with van der Waals surface area (Å²) in [6, 6.07) is 0. The zero-order valence-corrected chi connectivity index (χ0v) is 7.82. The van der Waals surface area contributed by atoms with Crippen LogP contribution in [0.2, 0.25) is 0 Å². The van der Waals surface area contributed by atoms with E-state index >= 15 is 0 Å². The van der Waals surface area contributed by atoms with Gasteiger partial charge in [0.1, 0.15) is 0 Å². The predicted octanol–water partition coefficient (Wildman–Crippen LogP) is 1.21. The second kappa shape index (κ2) is 6.79. The molecule has 4 nitrogen and oxygen atoms in total. The van der Waals surface area contributed by atoms with Crippen LogP contribution in [0.1, 0.15) is 20.3 Å². The Kier molecular flexibility index (Phi) is 6.28. The highest BCUT2D eigenvalue weighted by atomic mass is 16.4. The molecule has 0 heterocycles. The van der Waals surface area contributed by atoms with E-state index in [1.807, 2.05) is 0 Å². The summed E-state index contributed by atoms with van der Waals surface area (Å²) in [6.07, 6.45) is 0.654. The Bertz CT molecular complexity index is 152. The SMILES string of the molecule is C=N/C(CCN(CC)CC)=N/O. The molecule has 0 atom stereocenters. The Morgan fingerprint density at radius 1 is 1.42 bits per heavy atom. The van der Waals surface area contributed by atoms with Gasteiger partial charge in [-0.25, -0.2) is 4.99 Å². The van der Waals surface area contributed by atoms with Gasteiger partial charge in [0, 0.05) is 13.0 Å². The van der Waals surface area contributed by atoms with Gasteiger partial charge in [0.05, 0.1) is 0 Å². The second-order valence-corrected chi connectivity index (χ2v) is 2.45. The van der Waals surface area contributed by atoms with E-state index in [9.17, 15) is 0 Å². The van der Waals surface area contributed by atoms with Gasteiger partial charge < -0.3 is 10.1 Å². The molecular formula is C8H17N3O. The fraction of sp³-hybridized carbons (Fsp3) is 0.750. The molecule has 0 saturated heterocycles. The molecule has 70 valence electrons. The summed E-state index contributed by atoms with van der Waals surface area (Å²) in [5, 5.41) is 11.4. The quantitative estimate of drug-likeness (QED) is 0.292. The van der Waals surface area contributed by atoms with Crippen LogP contribution in [0.5, 0.6) is 0 Å². The van der Waals surface area contributed by atoms with Gasteiger partial charge in [0.25, 0.3) is 0 Å². The molecule has 0 radical (unpaired) electrons. The molecule has 0 fully saturated rings. The zero-order valence-electron chi connectivity index (χ0n) is 7.82. The van der Waals surface area contributed by atoms with Crippen molar-refractivity contribution in [2.75, 3.05) is 19.6 Å². The van der Waals surface area contributed by atoms with E-state index in [1.165, 1.54) is 0 Å². The van der Waals surface area contributed by atoms with Crippen LogP contribution in [-0.2, 0) is 0 Å². The van der Waals surface area contributed by atoms with Crippen molar-refractivity contribution in [1.29, 1.82) is 0 Å². The monoisotopic (exact) mass is 171 g/mol. The smallest absolute Gasteiger partial charge is 0.168 e. The predicted molar refractivity (Wildman–Crippen MR) is 51.2 cm³/mol. The molecule has 0 unspecified atom stereocenters. The molecule has 0 spiro atoms. The first-order valence-electron chi connectivity index (χ1n) is 4.18. The highest BCUT2D eigenvalue weighted by Crippen LogP contribution is 1.93. The Morgan fingerprint density at radius 2 is 2.00 bits per heavy atom. The molecule has 0 amide bonds. The molecule has 4 heteroatoms. The van der Waals surface area contributed by atoms with E-state index in [0.29, 0.717) is 12.3 Å². The van der Waals surface area contributed by atoms with E-state index in [0.717, 1.165) is 19.6 Å². The van der Waals surface area contributed by atoms with E-state index in [1.54, 1.807) is 0 Å². The zero-order chi connectivity index (χ0) is 9.40. The highest BCUT2D eigenvalue weighted by Gasteiger charge is 2.01. The Morgan fingerprint density at radius 3 is 2.33 bits per heavy atom. The third kappa shape index (κ3) is 4.08. The molecule has 1 N–H and O–H groups in total. The van der Waals surface area contributed by atoms with Crippen LogP contribution in [-0.4, -0.2) is 42.3 Å². The van der Waals surface area contributed by atoms with Crippen molar-refractivity contribution in [2.24, 2.45) is 10.1 Å². The van der Waals surface area contributed by atoms with Gasteiger partial charge in [0.15, 0.2) is 5.84 Å². The minimum Gasteiger partial charge on any atom is -0.409 e. The van der Waals surface area contributed by atoms with Gasteiger partial charge in [-0.15, -0.1) is 0 Å². The molecule has 0 aliphatic rings. The highest BCUT2D eigenvalue weighted by molar-refractivity contribution is 5.85. The maximum atomic E-state index is 8.42. The topological polar surface area (TPSA) is 48.2 Å². The van der Waals surface area contributed by atoms with Crippen molar-refractivity contribution in [3.05, 3.63) is 0 Å². The first-order valence-corrected chi connectivity index (χ1v) is 4.18. The Balaban J connectivity index is 3.71. The molecule has 0 aliphatic heterocycles. The second-order valence-electron chi connectivity index (χ2n) is 2.45. The number of rotatable bonds is 5. The van der Waals surface area contributed by atoms with Crippen LogP contribution < -0.4 is 0 Å². The van der Waals surface area contributed by atoms with Gasteiger partial charge >= 0.3 is 0 Å². The average molecular weight is 171 g/mol. The van der Waals surface area contributed by atoms with Crippen molar-refractivity contribution >= 4 is 12.6 Å². The molecule has 0 aliphatic carbocycles. The summed E-state index contributed by atoms with van der Waals surface area (Å²) in [7, 11) is 0. The van der Waals surface area contributed by atoms with Crippen molar-refractivity contribution in [1.82, 2.24) is 4.90 Å². The number of nitrogens with zero attached hydrogens (tertiary/aromatic N) is 3. The lowest BCUT2D eigenvalue weighted by atomic mass is 10.3. The number of aliphatic imine (C=N–C) groups is 1. The minimum absolute atomic E-state index is 0.405. The number of oxime groups is 1. The maximum absolute atomic E-state index is 8.42. The summed E-state index contributed by atoms with van der Waals surface area (Å²) >= 11 is 0. The molecule has 0 saturated carbocycles. The van der Waals surface area contributed by atoms with Crippen LogP contribution in [0.3, 0.4) is 0 Å². The van der Waals surface area contributed by atoms with Crippen molar-refractivity contribution in [2.45, 2.75) is 20.3 Å². The van der Waals surface area contributed by atoms with Crippen molar-refractivity contribution in [3.8, 4) is 0 Å². The first-order chi connectivity index (χ1) is 5.78. The van der Waals surface area contributed by atoms with Crippen LogP contribution >= 0.6 is 0 Å². The molecular weight excluding hydrogens is 154 g/mol. The number of hydrogen-bond acceptors (Lipinski definition) is 3. The third-order valence-corrected chi connectivity index (χ3v) is 1.84. The van der Waals surface area contributed by atoms with Crippen LogP contribution in [0.4, 0.5) is 0 Å². The Hall–Kier alpha value is -0.900. The van der Waals surface area contributed by atoms with Crippen molar-refractivity contribution < 1.29 is 5.21 Å². The van der Waals surface area contributed by atoms with E-state index in [4.69, 9.17) is 5.21 Å². The normalized spacial score (nSPS) is 12.1. The van der Waals surface area contributed by atoms with Gasteiger partial charge in [0.2, 0.25) is 0 Å². The molecule has 0 aromatic rings. The fourth-order valence-electron chi connectivity index (χ4n) is 0.959. The molecule has 0 aromatic heterocycles. The summed E-state index contributed by atoms with van der Waals surface area (Å²) in [5.74, 6) is 0.405. The van der Waals surface area contributed by atoms with Crippen molar-refractivity contribution in [3.63, 3.8) is 0 Å². The lowest BCUT2D eigenvalue weighted by Gasteiger charge is -2.16. The fourth-order valence-corrected chi connectivity index (χ4v) is 0.959. The number of amidine groups is 1. The summed E-state index contributed by atoms with van der Waals surface area (Å²) < 4.78 is 0. The maximum Gasteiger partial charge on any atom is 0.168 e. The van der Waals surface area contributed by atoms with Gasteiger partial charge in [-0.3, -0.25) is 0 Å². The molecule has 0 aromatic carbocycles. The molecule has 0 rings (SSSR count). The van der Waals surface area contributed by atoms with E-state index in [-0.39, 0.29) is 0 Å². The number of hydrogen-bond donors (Lipinski definition) is 1. The van der Waals surface area contributed by atoms with Crippen LogP contribution in [0, 0.1) is 0 Å². The average Bonchev–Trinajstić information content (AvgIpc) is 2.13. The van der Waals surface area contributed by atoms with Gasteiger partial charge in [-0.2, -0.15) is 0 Å². The van der Waals surface area contributed by atoms with Gasteiger partial charge in [-0.1, -0.05) is 19.0 Å². The lowest BCUT2D eigenvalue weighted by molar-refractivity contribution is 0.301. The summed E-state index contributed by atoms with van der Waals surface area (Å²) in [6.45, 7) is 10.4. The molecule has 0 bridgehead atoms. The van der Waals surface area contributed by atoms with E-state index in [2.05, 4.69) is 35.6 Å². The van der Waals surface area contributed by atoms with Gasteiger partial charge in [-0.05, 0) is 19.8 Å². The lowest BCUT2D eigenvalue weighted by Crippen LogP contribution is -2.25. The molecule has 12 heavy (non-hydrogen) atoms. The van der Waals surface area contributed by atoms with E-state index < -0.39 is 0 Å². The Labute approximate surface area is 73.6 Å². The standard InChI is InChI=1S/C8H17N3O/c1-4-11(5-2)7-6-8(9-3)10-12/h12H,3-7H2,1-2H3/b10-8+. The van der Waals surface area contributed by atoms with Crippen LogP contribution in [0.25, 0.3) is 0 Å². The first kappa shape index (κ1) is 11.1.